The third-order valence-corrected chi connectivity index (χ3v) is 3.78. The second-order valence-corrected chi connectivity index (χ2v) is 6.06. The summed E-state index contributed by atoms with van der Waals surface area (Å²) in [6, 6.07) is 9.67. The fourth-order valence-corrected chi connectivity index (χ4v) is 2.82. The van der Waals surface area contributed by atoms with E-state index < -0.39 is 0 Å². The maximum absolute atomic E-state index is 11.9. The van der Waals surface area contributed by atoms with Crippen molar-refractivity contribution in [2.24, 2.45) is 0 Å². The molecule has 0 saturated carbocycles. The number of nitrogens with zero attached hydrogens (tertiary/aromatic N) is 1. The van der Waals surface area contributed by atoms with Crippen molar-refractivity contribution in [3.63, 3.8) is 0 Å². The molecule has 0 fully saturated rings. The summed E-state index contributed by atoms with van der Waals surface area (Å²) in [5.41, 5.74) is 2.05. The van der Waals surface area contributed by atoms with Crippen molar-refractivity contribution in [3.8, 4) is 0 Å². The molecule has 1 aromatic carbocycles. The van der Waals surface area contributed by atoms with Gasteiger partial charge in [-0.1, -0.05) is 22.0 Å². The van der Waals surface area contributed by atoms with Gasteiger partial charge in [-0.25, -0.2) is 0 Å². The van der Waals surface area contributed by atoms with Crippen molar-refractivity contribution < 1.29 is 4.79 Å². The Morgan fingerprint density at radius 1 is 1.42 bits per heavy atom. The molecule has 0 spiro atoms. The predicted octanol–water partition coefficient (Wildman–Crippen LogP) is 3.58. The average molecular weight is 339 g/mol. The van der Waals surface area contributed by atoms with Gasteiger partial charge in [-0.3, -0.25) is 9.69 Å². The molecule has 0 aliphatic heterocycles. The molecule has 0 atom stereocenters. The molecular formula is C14H15BrN2OS. The number of amides is 1. The molecule has 100 valence electrons. The Morgan fingerprint density at radius 2 is 2.26 bits per heavy atom. The van der Waals surface area contributed by atoms with Gasteiger partial charge in [-0.15, -0.1) is 0 Å². The maximum atomic E-state index is 11.9. The van der Waals surface area contributed by atoms with Gasteiger partial charge in [0, 0.05) is 16.7 Å². The predicted molar refractivity (Wildman–Crippen MR) is 83.4 cm³/mol. The molecule has 1 amide bonds. The van der Waals surface area contributed by atoms with Crippen molar-refractivity contribution in [1.29, 1.82) is 0 Å². The van der Waals surface area contributed by atoms with Crippen LogP contribution in [0.25, 0.3) is 0 Å². The van der Waals surface area contributed by atoms with Crippen molar-refractivity contribution in [3.05, 3.63) is 51.1 Å². The maximum Gasteiger partial charge on any atom is 0.238 e. The van der Waals surface area contributed by atoms with Gasteiger partial charge in [-0.05, 0) is 47.6 Å². The van der Waals surface area contributed by atoms with Gasteiger partial charge in [0.15, 0.2) is 0 Å². The molecule has 1 N–H and O–H groups in total. The zero-order chi connectivity index (χ0) is 13.7. The lowest BCUT2D eigenvalue weighted by molar-refractivity contribution is -0.117. The van der Waals surface area contributed by atoms with E-state index in [1.807, 2.05) is 41.6 Å². The quantitative estimate of drug-likeness (QED) is 0.903. The van der Waals surface area contributed by atoms with Crippen LogP contribution >= 0.6 is 27.3 Å². The molecule has 0 bridgehead atoms. The third-order valence-electron chi connectivity index (χ3n) is 2.55. The summed E-state index contributed by atoms with van der Waals surface area (Å²) in [5, 5.41) is 7.03. The standard InChI is InChI=1S/C14H15BrN2OS/c1-17(8-11-5-6-19-10-11)9-14(18)16-13-4-2-3-12(15)7-13/h2-7,10H,8-9H2,1H3,(H,16,18). The largest absolute Gasteiger partial charge is 0.325 e. The van der Waals surface area contributed by atoms with Crippen molar-refractivity contribution in [2.45, 2.75) is 6.54 Å². The van der Waals surface area contributed by atoms with E-state index in [1.54, 1.807) is 11.3 Å². The molecule has 2 aromatic rings. The molecule has 0 unspecified atom stereocenters. The second kappa shape index (κ2) is 6.84. The van der Waals surface area contributed by atoms with Crippen LogP contribution in [-0.4, -0.2) is 24.4 Å². The minimum atomic E-state index is -0.00386. The number of halogens is 1. The van der Waals surface area contributed by atoms with Gasteiger partial charge in [0.05, 0.1) is 6.54 Å². The number of nitrogens with one attached hydrogen (secondary N) is 1. The monoisotopic (exact) mass is 338 g/mol. The Morgan fingerprint density at radius 3 is 2.95 bits per heavy atom. The van der Waals surface area contributed by atoms with Crippen LogP contribution in [0.2, 0.25) is 0 Å². The number of rotatable bonds is 5. The van der Waals surface area contributed by atoms with E-state index in [2.05, 4.69) is 32.7 Å². The number of anilines is 1. The lowest BCUT2D eigenvalue weighted by atomic mass is 10.3. The second-order valence-electron chi connectivity index (χ2n) is 4.36. The lowest BCUT2D eigenvalue weighted by Crippen LogP contribution is -2.29. The Kier molecular flexibility index (Phi) is 5.13. The molecule has 2 rings (SSSR count). The van der Waals surface area contributed by atoms with E-state index in [-0.39, 0.29) is 5.91 Å². The summed E-state index contributed by atoms with van der Waals surface area (Å²) in [6.45, 7) is 1.16. The number of hydrogen-bond acceptors (Lipinski definition) is 3. The first-order valence-electron chi connectivity index (χ1n) is 5.88. The van der Waals surface area contributed by atoms with E-state index in [1.165, 1.54) is 5.56 Å². The van der Waals surface area contributed by atoms with E-state index in [9.17, 15) is 4.79 Å². The van der Waals surface area contributed by atoms with Gasteiger partial charge < -0.3 is 5.32 Å². The van der Waals surface area contributed by atoms with Crippen LogP contribution in [-0.2, 0) is 11.3 Å². The van der Waals surface area contributed by atoms with Gasteiger partial charge in [0.2, 0.25) is 5.91 Å². The first kappa shape index (κ1) is 14.2. The summed E-state index contributed by atoms with van der Waals surface area (Å²) in [5.74, 6) is -0.00386. The minimum Gasteiger partial charge on any atom is -0.325 e. The summed E-state index contributed by atoms with van der Waals surface area (Å²) in [6.07, 6.45) is 0. The number of hydrogen-bond donors (Lipinski definition) is 1. The van der Waals surface area contributed by atoms with E-state index in [0.717, 1.165) is 16.7 Å². The molecule has 3 nitrogen and oxygen atoms in total. The number of carbonyl (C=O) groups excluding carboxylic acids is 1. The Bertz CT molecular complexity index is 542. The zero-order valence-corrected chi connectivity index (χ0v) is 13.0. The summed E-state index contributed by atoms with van der Waals surface area (Å²) >= 11 is 5.05. The summed E-state index contributed by atoms with van der Waals surface area (Å²) in [7, 11) is 1.94. The van der Waals surface area contributed by atoms with Crippen LogP contribution in [0.1, 0.15) is 5.56 Å². The normalized spacial score (nSPS) is 10.7. The van der Waals surface area contributed by atoms with Crippen molar-refractivity contribution in [2.75, 3.05) is 18.9 Å². The molecule has 0 aliphatic rings. The first-order valence-corrected chi connectivity index (χ1v) is 7.62. The molecular weight excluding hydrogens is 324 g/mol. The smallest absolute Gasteiger partial charge is 0.238 e. The molecule has 0 saturated heterocycles. The summed E-state index contributed by atoms with van der Waals surface area (Å²) in [4.78, 5) is 13.9. The topological polar surface area (TPSA) is 32.3 Å². The molecule has 0 radical (unpaired) electrons. The molecule has 1 aromatic heterocycles. The van der Waals surface area contributed by atoms with Crippen LogP contribution in [0.3, 0.4) is 0 Å². The first-order chi connectivity index (χ1) is 9.13. The molecule has 19 heavy (non-hydrogen) atoms. The van der Waals surface area contributed by atoms with E-state index in [4.69, 9.17) is 0 Å². The van der Waals surface area contributed by atoms with Crippen LogP contribution < -0.4 is 5.32 Å². The Balaban J connectivity index is 1.84. The minimum absolute atomic E-state index is 0.00386. The summed E-state index contributed by atoms with van der Waals surface area (Å²) < 4.78 is 0.955. The van der Waals surface area contributed by atoms with Crippen LogP contribution in [0.4, 0.5) is 5.69 Å². The molecule has 1 heterocycles. The zero-order valence-electron chi connectivity index (χ0n) is 10.6. The highest BCUT2D eigenvalue weighted by atomic mass is 79.9. The number of benzene rings is 1. The number of thiophene rings is 1. The third kappa shape index (κ3) is 4.78. The lowest BCUT2D eigenvalue weighted by Gasteiger charge is -2.15. The highest BCUT2D eigenvalue weighted by molar-refractivity contribution is 9.10. The number of likely N-dealkylation sites (N-methyl/N-ethyl adjacent to an activating group) is 1. The molecule has 5 heteroatoms. The van der Waals surface area contributed by atoms with E-state index >= 15 is 0 Å². The van der Waals surface area contributed by atoms with Crippen LogP contribution in [0, 0.1) is 0 Å². The van der Waals surface area contributed by atoms with Gasteiger partial charge >= 0.3 is 0 Å². The van der Waals surface area contributed by atoms with Crippen LogP contribution in [0.5, 0.6) is 0 Å². The fraction of sp³-hybridized carbons (Fsp3) is 0.214. The SMILES string of the molecule is CN(CC(=O)Nc1cccc(Br)c1)Cc1ccsc1. The van der Waals surface area contributed by atoms with Gasteiger partial charge in [0.1, 0.15) is 0 Å². The number of carbonyl (C=O) groups is 1. The van der Waals surface area contributed by atoms with Gasteiger partial charge in [0.25, 0.3) is 0 Å². The van der Waals surface area contributed by atoms with E-state index in [0.29, 0.717) is 6.54 Å². The van der Waals surface area contributed by atoms with Gasteiger partial charge in [-0.2, -0.15) is 11.3 Å². The van der Waals surface area contributed by atoms with Crippen LogP contribution in [0.15, 0.2) is 45.6 Å². The Labute approximate surface area is 125 Å². The highest BCUT2D eigenvalue weighted by Gasteiger charge is 2.07. The Hall–Kier alpha value is -1.17. The fourth-order valence-electron chi connectivity index (χ4n) is 1.76. The van der Waals surface area contributed by atoms with Crippen molar-refractivity contribution in [1.82, 2.24) is 4.90 Å². The van der Waals surface area contributed by atoms with Crippen molar-refractivity contribution >= 4 is 38.9 Å². The highest BCUT2D eigenvalue weighted by Crippen LogP contribution is 2.15. The average Bonchev–Trinajstić information content (AvgIpc) is 2.81. The molecule has 0 aliphatic carbocycles.